The van der Waals surface area contributed by atoms with Crippen molar-refractivity contribution in [3.8, 4) is 0 Å². The van der Waals surface area contributed by atoms with E-state index in [2.05, 4.69) is 33.9 Å². The molecule has 0 aliphatic heterocycles. The zero-order valence-corrected chi connectivity index (χ0v) is 11.1. The number of carbonyl (C=O) groups excluding carboxylic acids is 1. The molecule has 0 saturated carbocycles. The van der Waals surface area contributed by atoms with E-state index in [9.17, 15) is 4.79 Å². The summed E-state index contributed by atoms with van der Waals surface area (Å²) >= 11 is 0. The van der Waals surface area contributed by atoms with Crippen LogP contribution in [0.15, 0.2) is 12.5 Å². The largest absolute Gasteiger partial charge is 0.465 e. The highest BCUT2D eigenvalue weighted by Crippen LogP contribution is 2.15. The van der Waals surface area contributed by atoms with Crippen LogP contribution in [-0.4, -0.2) is 42.8 Å². The summed E-state index contributed by atoms with van der Waals surface area (Å²) in [5.74, 6) is 0.344. The average molecular weight is 253 g/mol. The van der Waals surface area contributed by atoms with E-state index in [-0.39, 0.29) is 6.04 Å². The van der Waals surface area contributed by atoms with Gasteiger partial charge in [-0.3, -0.25) is 0 Å². The van der Waals surface area contributed by atoms with E-state index >= 15 is 0 Å². The first-order valence-corrected chi connectivity index (χ1v) is 5.74. The number of hydrogen-bond donors (Lipinski definition) is 1. The smallest absolute Gasteiger partial charge is 0.343 e. The first-order valence-electron chi connectivity index (χ1n) is 5.74. The number of ether oxygens (including phenoxy) is 2. The van der Waals surface area contributed by atoms with Crippen LogP contribution in [0.5, 0.6) is 0 Å². The van der Waals surface area contributed by atoms with Gasteiger partial charge in [-0.2, -0.15) is 0 Å². The number of carbonyl (C=O) groups is 1. The van der Waals surface area contributed by atoms with Crippen molar-refractivity contribution >= 4 is 11.8 Å². The molecule has 0 radical (unpaired) electrons. The van der Waals surface area contributed by atoms with Gasteiger partial charge in [0.1, 0.15) is 17.7 Å². The molecular weight excluding hydrogens is 234 g/mol. The summed E-state index contributed by atoms with van der Waals surface area (Å²) in [6.45, 7) is 4.66. The van der Waals surface area contributed by atoms with Gasteiger partial charge in [-0.15, -0.1) is 0 Å². The number of esters is 1. The summed E-state index contributed by atoms with van der Waals surface area (Å²) in [6, 6.07) is 0.0632. The van der Waals surface area contributed by atoms with Crippen molar-refractivity contribution in [2.75, 3.05) is 26.1 Å². The summed E-state index contributed by atoms with van der Waals surface area (Å²) in [7, 11) is 2.96. The number of nitrogens with zero attached hydrogens (tertiary/aromatic N) is 2. The van der Waals surface area contributed by atoms with Crippen LogP contribution in [0.25, 0.3) is 0 Å². The summed E-state index contributed by atoms with van der Waals surface area (Å²) in [5.41, 5.74) is 0.321. The molecule has 0 saturated heterocycles. The fourth-order valence-corrected chi connectivity index (χ4v) is 1.46. The van der Waals surface area contributed by atoms with Gasteiger partial charge in [0, 0.05) is 13.3 Å². The summed E-state index contributed by atoms with van der Waals surface area (Å²) in [4.78, 5) is 19.5. The molecule has 18 heavy (non-hydrogen) atoms. The fraction of sp³-hybridized carbons (Fsp3) is 0.583. The molecule has 0 spiro atoms. The maximum absolute atomic E-state index is 11.6. The molecule has 1 aromatic heterocycles. The second-order valence-electron chi connectivity index (χ2n) is 4.23. The Hall–Kier alpha value is -1.69. The molecule has 6 nitrogen and oxygen atoms in total. The summed E-state index contributed by atoms with van der Waals surface area (Å²) in [5, 5.41) is 3.19. The zero-order valence-electron chi connectivity index (χ0n) is 11.1. The number of hydrogen-bond acceptors (Lipinski definition) is 6. The van der Waals surface area contributed by atoms with E-state index in [1.165, 1.54) is 19.6 Å². The van der Waals surface area contributed by atoms with Crippen LogP contribution in [0.3, 0.4) is 0 Å². The number of anilines is 1. The molecule has 0 fully saturated rings. The van der Waals surface area contributed by atoms with E-state index in [1.54, 1.807) is 7.11 Å². The van der Waals surface area contributed by atoms with Crippen LogP contribution in [-0.2, 0) is 9.47 Å². The van der Waals surface area contributed by atoms with Crippen LogP contribution in [0, 0.1) is 5.92 Å². The Bertz CT molecular complexity index is 396. The van der Waals surface area contributed by atoms with E-state index in [0.717, 1.165) is 0 Å². The van der Waals surface area contributed by atoms with Gasteiger partial charge in [0.2, 0.25) is 0 Å². The maximum atomic E-state index is 11.6. The van der Waals surface area contributed by atoms with Gasteiger partial charge in [0.25, 0.3) is 0 Å². The average Bonchev–Trinajstić information content (AvgIpc) is 2.37. The maximum Gasteiger partial charge on any atom is 0.343 e. The Kier molecular flexibility index (Phi) is 5.51. The summed E-state index contributed by atoms with van der Waals surface area (Å²) in [6.07, 6.45) is 2.82. The quantitative estimate of drug-likeness (QED) is 0.771. The monoisotopic (exact) mass is 253 g/mol. The number of aromatic nitrogens is 2. The van der Waals surface area contributed by atoms with Gasteiger partial charge in [-0.25, -0.2) is 14.8 Å². The first kappa shape index (κ1) is 14.4. The third kappa shape index (κ3) is 3.66. The highest BCUT2D eigenvalue weighted by Gasteiger charge is 2.18. The second kappa shape index (κ2) is 6.90. The normalized spacial score (nSPS) is 12.3. The lowest BCUT2D eigenvalue weighted by atomic mass is 10.1. The SMILES string of the molecule is COCC(Nc1ncncc1C(=O)OC)C(C)C. The molecule has 0 amide bonds. The van der Waals surface area contributed by atoms with Crippen molar-refractivity contribution in [1.29, 1.82) is 0 Å². The van der Waals surface area contributed by atoms with Crippen LogP contribution in [0.4, 0.5) is 5.82 Å². The highest BCUT2D eigenvalue weighted by molar-refractivity contribution is 5.94. The lowest BCUT2D eigenvalue weighted by Crippen LogP contribution is -2.31. The predicted octanol–water partition coefficient (Wildman–Crippen LogP) is 1.35. The standard InChI is InChI=1S/C12H19N3O3/c1-8(2)10(6-17-3)15-11-9(12(16)18-4)5-13-7-14-11/h5,7-8,10H,6H2,1-4H3,(H,13,14,15). The molecule has 0 aliphatic rings. The zero-order chi connectivity index (χ0) is 13.5. The van der Waals surface area contributed by atoms with Crippen LogP contribution in [0.1, 0.15) is 24.2 Å². The molecule has 1 heterocycles. The Morgan fingerprint density at radius 2 is 2.17 bits per heavy atom. The van der Waals surface area contributed by atoms with E-state index in [4.69, 9.17) is 4.74 Å². The molecule has 1 atom stereocenters. The van der Waals surface area contributed by atoms with E-state index < -0.39 is 5.97 Å². The molecule has 6 heteroatoms. The van der Waals surface area contributed by atoms with Crippen LogP contribution < -0.4 is 5.32 Å². The van der Waals surface area contributed by atoms with E-state index in [0.29, 0.717) is 23.9 Å². The molecule has 0 bridgehead atoms. The highest BCUT2D eigenvalue weighted by atomic mass is 16.5. The van der Waals surface area contributed by atoms with Crippen LogP contribution >= 0.6 is 0 Å². The minimum atomic E-state index is -0.460. The van der Waals surface area contributed by atoms with Crippen molar-refractivity contribution in [2.45, 2.75) is 19.9 Å². The van der Waals surface area contributed by atoms with Gasteiger partial charge in [-0.05, 0) is 5.92 Å². The molecule has 0 aromatic carbocycles. The number of nitrogens with one attached hydrogen (secondary N) is 1. The van der Waals surface area contributed by atoms with Crippen molar-refractivity contribution in [1.82, 2.24) is 9.97 Å². The number of rotatable bonds is 6. The molecular formula is C12H19N3O3. The summed E-state index contributed by atoms with van der Waals surface area (Å²) < 4.78 is 9.83. The minimum Gasteiger partial charge on any atom is -0.465 e. The topological polar surface area (TPSA) is 73.3 Å². The molecule has 1 rings (SSSR count). The third-order valence-corrected chi connectivity index (χ3v) is 2.59. The van der Waals surface area contributed by atoms with Gasteiger partial charge in [0.05, 0.1) is 19.8 Å². The Balaban J connectivity index is 2.91. The van der Waals surface area contributed by atoms with Crippen molar-refractivity contribution in [3.63, 3.8) is 0 Å². The lowest BCUT2D eigenvalue weighted by molar-refractivity contribution is 0.0600. The van der Waals surface area contributed by atoms with Crippen LogP contribution in [0.2, 0.25) is 0 Å². The van der Waals surface area contributed by atoms with E-state index in [1.807, 2.05) is 0 Å². The Labute approximate surface area is 107 Å². The fourth-order valence-electron chi connectivity index (χ4n) is 1.46. The molecule has 1 N–H and O–H groups in total. The molecule has 100 valence electrons. The molecule has 1 aromatic rings. The van der Waals surface area contributed by atoms with Crippen molar-refractivity contribution in [3.05, 3.63) is 18.1 Å². The minimum absolute atomic E-state index is 0.0632. The third-order valence-electron chi connectivity index (χ3n) is 2.59. The predicted molar refractivity (Wildman–Crippen MR) is 67.5 cm³/mol. The van der Waals surface area contributed by atoms with Crippen molar-refractivity contribution < 1.29 is 14.3 Å². The first-order chi connectivity index (χ1) is 8.60. The lowest BCUT2D eigenvalue weighted by Gasteiger charge is -2.22. The second-order valence-corrected chi connectivity index (χ2v) is 4.23. The van der Waals surface area contributed by atoms with Gasteiger partial charge < -0.3 is 14.8 Å². The Morgan fingerprint density at radius 1 is 1.44 bits per heavy atom. The Morgan fingerprint density at radius 3 is 2.72 bits per heavy atom. The van der Waals surface area contributed by atoms with Gasteiger partial charge in [0.15, 0.2) is 0 Å². The molecule has 0 aliphatic carbocycles. The van der Waals surface area contributed by atoms with Gasteiger partial charge in [-0.1, -0.05) is 13.8 Å². The van der Waals surface area contributed by atoms with Gasteiger partial charge >= 0.3 is 5.97 Å². The van der Waals surface area contributed by atoms with Crippen molar-refractivity contribution in [2.24, 2.45) is 5.92 Å². The molecule has 1 unspecified atom stereocenters. The number of methoxy groups -OCH3 is 2.